The third kappa shape index (κ3) is 2.62. The molecule has 2 N–H and O–H groups in total. The number of hydrogen-bond donors (Lipinski definition) is 1. The number of nitrogens with zero attached hydrogens (tertiary/aromatic N) is 3. The van der Waals surface area contributed by atoms with Gasteiger partial charge in [0.1, 0.15) is 5.82 Å². The van der Waals surface area contributed by atoms with Crippen LogP contribution in [0.5, 0.6) is 0 Å². The van der Waals surface area contributed by atoms with E-state index < -0.39 is 0 Å². The van der Waals surface area contributed by atoms with Crippen molar-refractivity contribution >= 4 is 17.7 Å². The van der Waals surface area contributed by atoms with Crippen LogP contribution >= 0.6 is 0 Å². The molecule has 1 aromatic heterocycles. The molecule has 6 heteroatoms. The summed E-state index contributed by atoms with van der Waals surface area (Å²) < 4.78 is 4.85. The molecule has 0 saturated carbocycles. The zero-order chi connectivity index (χ0) is 17.6. The van der Waals surface area contributed by atoms with Crippen molar-refractivity contribution in [1.82, 2.24) is 9.97 Å². The Labute approximate surface area is 147 Å². The van der Waals surface area contributed by atoms with E-state index in [-0.39, 0.29) is 12.0 Å². The minimum absolute atomic E-state index is 0.0761. The Morgan fingerprint density at radius 1 is 1.28 bits per heavy atom. The van der Waals surface area contributed by atoms with Crippen molar-refractivity contribution in [2.24, 2.45) is 0 Å². The molecule has 130 valence electrons. The van der Waals surface area contributed by atoms with E-state index in [1.165, 1.54) is 12.7 Å². The number of anilines is 2. The lowest BCUT2D eigenvalue weighted by atomic mass is 9.92. The maximum absolute atomic E-state index is 11.9. The second-order valence-electron chi connectivity index (χ2n) is 6.71. The van der Waals surface area contributed by atoms with Gasteiger partial charge >= 0.3 is 5.97 Å². The van der Waals surface area contributed by atoms with Gasteiger partial charge in [-0.2, -0.15) is 4.98 Å². The molecule has 6 nitrogen and oxygen atoms in total. The summed E-state index contributed by atoms with van der Waals surface area (Å²) in [6, 6.07) is 5.85. The largest absolute Gasteiger partial charge is 0.465 e. The van der Waals surface area contributed by atoms with E-state index in [9.17, 15) is 4.79 Å². The highest BCUT2D eigenvalue weighted by atomic mass is 16.5. The third-order valence-electron chi connectivity index (χ3n) is 5.32. The number of carbonyl (C=O) groups is 1. The Bertz CT molecular complexity index is 850. The average Bonchev–Trinajstić information content (AvgIpc) is 3.10. The first-order chi connectivity index (χ1) is 12.1. The Morgan fingerprint density at radius 3 is 2.92 bits per heavy atom. The second-order valence-corrected chi connectivity index (χ2v) is 6.71. The smallest absolute Gasteiger partial charge is 0.337 e. The number of rotatable bonds is 2. The standard InChI is InChI=1S/C19H22N4O2/c1-11-15-10-13(18(24)25-2)7-6-12(15)8-9-23(11)19-21-16-5-3-4-14(16)17(20)22-19/h6-7,10-11H,3-5,8-9H2,1-2H3,(H2,20,21,22). The van der Waals surface area contributed by atoms with E-state index in [1.807, 2.05) is 18.2 Å². The fourth-order valence-corrected chi connectivity index (χ4v) is 3.91. The fourth-order valence-electron chi connectivity index (χ4n) is 3.91. The number of benzene rings is 1. The van der Waals surface area contributed by atoms with Gasteiger partial charge in [-0.25, -0.2) is 9.78 Å². The van der Waals surface area contributed by atoms with Crippen LogP contribution in [-0.2, 0) is 24.0 Å². The minimum Gasteiger partial charge on any atom is -0.465 e. The molecule has 0 radical (unpaired) electrons. The van der Waals surface area contributed by atoms with Crippen molar-refractivity contribution in [3.63, 3.8) is 0 Å². The first-order valence-electron chi connectivity index (χ1n) is 8.71. The van der Waals surface area contributed by atoms with Crippen LogP contribution in [0.4, 0.5) is 11.8 Å². The average molecular weight is 338 g/mol. The normalized spacial score (nSPS) is 18.6. The number of ether oxygens (including phenoxy) is 1. The lowest BCUT2D eigenvalue weighted by molar-refractivity contribution is 0.0600. The molecule has 0 spiro atoms. The van der Waals surface area contributed by atoms with Crippen molar-refractivity contribution in [2.45, 2.75) is 38.6 Å². The molecule has 1 atom stereocenters. The predicted octanol–water partition coefficient (Wildman–Crippen LogP) is 2.46. The summed E-state index contributed by atoms with van der Waals surface area (Å²) in [5.74, 6) is 0.990. The van der Waals surface area contributed by atoms with Crippen molar-refractivity contribution in [3.05, 3.63) is 46.1 Å². The number of fused-ring (bicyclic) bond motifs is 2. The van der Waals surface area contributed by atoms with E-state index in [0.29, 0.717) is 17.3 Å². The molecule has 1 aliphatic heterocycles. The zero-order valence-electron chi connectivity index (χ0n) is 14.6. The molecular weight excluding hydrogens is 316 g/mol. The van der Waals surface area contributed by atoms with Crippen molar-refractivity contribution in [1.29, 1.82) is 0 Å². The van der Waals surface area contributed by atoms with Gasteiger partial charge in [-0.1, -0.05) is 6.07 Å². The molecule has 0 saturated heterocycles. The van der Waals surface area contributed by atoms with Crippen molar-refractivity contribution in [2.75, 3.05) is 24.3 Å². The molecule has 2 aliphatic rings. The zero-order valence-corrected chi connectivity index (χ0v) is 14.6. The summed E-state index contributed by atoms with van der Waals surface area (Å²) in [6.07, 6.45) is 3.93. The molecule has 1 aliphatic carbocycles. The first kappa shape index (κ1) is 15.9. The fraction of sp³-hybridized carbons (Fsp3) is 0.421. The van der Waals surface area contributed by atoms with Crippen LogP contribution in [0.15, 0.2) is 18.2 Å². The number of hydrogen-bond acceptors (Lipinski definition) is 6. The molecule has 0 bridgehead atoms. The molecule has 1 aromatic carbocycles. The van der Waals surface area contributed by atoms with E-state index in [1.54, 1.807) is 0 Å². The number of aryl methyl sites for hydroxylation is 1. The SMILES string of the molecule is COC(=O)c1ccc2c(c1)C(C)N(c1nc(N)c3c(n1)CCC3)CC2. The quantitative estimate of drug-likeness (QED) is 0.847. The van der Waals surface area contributed by atoms with E-state index in [0.717, 1.165) is 49.0 Å². The van der Waals surface area contributed by atoms with E-state index >= 15 is 0 Å². The van der Waals surface area contributed by atoms with Crippen molar-refractivity contribution < 1.29 is 9.53 Å². The van der Waals surface area contributed by atoms with Gasteiger partial charge in [-0.3, -0.25) is 0 Å². The van der Waals surface area contributed by atoms with Gasteiger partial charge < -0.3 is 15.4 Å². The van der Waals surface area contributed by atoms with Crippen LogP contribution < -0.4 is 10.6 Å². The molecular formula is C19H22N4O2. The topological polar surface area (TPSA) is 81.3 Å². The summed E-state index contributed by atoms with van der Waals surface area (Å²) in [5, 5.41) is 0. The van der Waals surface area contributed by atoms with Gasteiger partial charge in [0.05, 0.1) is 24.4 Å². The maximum atomic E-state index is 11.9. The molecule has 0 amide bonds. The Balaban J connectivity index is 1.71. The first-order valence-corrected chi connectivity index (χ1v) is 8.71. The number of methoxy groups -OCH3 is 1. The summed E-state index contributed by atoms with van der Waals surface area (Å²) in [5.41, 5.74) is 11.3. The van der Waals surface area contributed by atoms with Crippen LogP contribution in [0.3, 0.4) is 0 Å². The highest BCUT2D eigenvalue weighted by molar-refractivity contribution is 5.89. The molecule has 2 aromatic rings. The highest BCUT2D eigenvalue weighted by Gasteiger charge is 2.28. The summed E-state index contributed by atoms with van der Waals surface area (Å²) in [4.78, 5) is 23.4. The molecule has 4 rings (SSSR count). The molecule has 25 heavy (non-hydrogen) atoms. The van der Waals surface area contributed by atoms with Crippen molar-refractivity contribution in [3.8, 4) is 0 Å². The highest BCUT2D eigenvalue weighted by Crippen LogP contribution is 2.34. The van der Waals surface area contributed by atoms with E-state index in [2.05, 4.69) is 16.8 Å². The van der Waals surface area contributed by atoms with Gasteiger partial charge in [0.25, 0.3) is 0 Å². The van der Waals surface area contributed by atoms with Crippen LogP contribution in [0, 0.1) is 0 Å². The van der Waals surface area contributed by atoms with Crippen LogP contribution in [0.1, 0.15) is 52.1 Å². The Hall–Kier alpha value is -2.63. The number of nitrogen functional groups attached to an aromatic ring is 1. The van der Waals surface area contributed by atoms with Crippen LogP contribution in [-0.4, -0.2) is 29.6 Å². The third-order valence-corrected chi connectivity index (χ3v) is 5.32. The predicted molar refractivity (Wildman–Crippen MR) is 95.7 cm³/mol. The number of carbonyl (C=O) groups excluding carboxylic acids is 1. The number of aromatic nitrogens is 2. The van der Waals surface area contributed by atoms with Gasteiger partial charge in [0, 0.05) is 12.1 Å². The lowest BCUT2D eigenvalue weighted by Gasteiger charge is -2.35. The molecule has 0 fully saturated rings. The molecule has 2 heterocycles. The molecule has 1 unspecified atom stereocenters. The van der Waals surface area contributed by atoms with Gasteiger partial charge in [0.2, 0.25) is 5.95 Å². The van der Waals surface area contributed by atoms with Crippen LogP contribution in [0.2, 0.25) is 0 Å². The van der Waals surface area contributed by atoms with E-state index in [4.69, 9.17) is 15.5 Å². The summed E-state index contributed by atoms with van der Waals surface area (Å²) >= 11 is 0. The Kier molecular flexibility index (Phi) is 3.82. The maximum Gasteiger partial charge on any atom is 0.337 e. The van der Waals surface area contributed by atoms with Crippen LogP contribution in [0.25, 0.3) is 0 Å². The van der Waals surface area contributed by atoms with Gasteiger partial charge in [0.15, 0.2) is 0 Å². The summed E-state index contributed by atoms with van der Waals surface area (Å²) in [7, 11) is 1.40. The number of nitrogens with two attached hydrogens (primary N) is 1. The monoisotopic (exact) mass is 338 g/mol. The lowest BCUT2D eigenvalue weighted by Crippen LogP contribution is -2.35. The van der Waals surface area contributed by atoms with Gasteiger partial charge in [-0.05, 0) is 55.9 Å². The summed E-state index contributed by atoms with van der Waals surface area (Å²) in [6.45, 7) is 2.95. The van der Waals surface area contributed by atoms with Gasteiger partial charge in [-0.15, -0.1) is 0 Å². The Morgan fingerprint density at radius 2 is 2.12 bits per heavy atom. The minimum atomic E-state index is -0.315. The number of esters is 1. The second kappa shape index (κ2) is 6.02.